The highest BCUT2D eigenvalue weighted by Gasteiger charge is 2.22. The Bertz CT molecular complexity index is 3920. The highest BCUT2D eigenvalue weighted by atomic mass is 15.1. The first-order chi connectivity index (χ1) is 30.7. The summed E-state index contributed by atoms with van der Waals surface area (Å²) in [6, 6.07) is 70.8. The molecule has 13 rings (SSSR count). The molecule has 0 spiro atoms. The van der Waals surface area contributed by atoms with Crippen LogP contribution in [0.3, 0.4) is 0 Å². The molecule has 0 fully saturated rings. The van der Waals surface area contributed by atoms with Crippen LogP contribution in [0.15, 0.2) is 206 Å². The molecule has 0 aliphatic carbocycles. The molecule has 6 heteroatoms. The third-order valence-corrected chi connectivity index (χ3v) is 12.3. The topological polar surface area (TPSA) is 61.4 Å². The Morgan fingerprint density at radius 1 is 0.323 bits per heavy atom. The summed E-state index contributed by atoms with van der Waals surface area (Å²) in [6.07, 6.45) is 1.87. The Balaban J connectivity index is 1.11. The van der Waals surface area contributed by atoms with E-state index in [1.807, 2.05) is 30.5 Å². The van der Waals surface area contributed by atoms with Crippen molar-refractivity contribution >= 4 is 75.9 Å². The van der Waals surface area contributed by atoms with Crippen LogP contribution in [0, 0.1) is 0 Å². The van der Waals surface area contributed by atoms with Crippen molar-refractivity contribution in [2.24, 2.45) is 0 Å². The molecule has 13 aromatic rings. The van der Waals surface area contributed by atoms with Crippen molar-refractivity contribution in [2.45, 2.75) is 0 Å². The van der Waals surface area contributed by atoms with Gasteiger partial charge in [0.2, 0.25) is 0 Å². The minimum atomic E-state index is 0.616. The summed E-state index contributed by atoms with van der Waals surface area (Å²) in [5, 5.41) is 11.7. The van der Waals surface area contributed by atoms with E-state index in [-0.39, 0.29) is 0 Å². The molecule has 288 valence electrons. The monoisotopic (exact) mass is 790 g/mol. The highest BCUT2D eigenvalue weighted by molar-refractivity contribution is 6.25. The van der Waals surface area contributed by atoms with Gasteiger partial charge in [0, 0.05) is 50.1 Å². The molecular weight excluding hydrogens is 757 g/mol. The summed E-state index contributed by atoms with van der Waals surface area (Å²) in [7, 11) is 0. The van der Waals surface area contributed by atoms with Crippen molar-refractivity contribution in [1.29, 1.82) is 0 Å². The SMILES string of the molecule is c1ccc(-c2nc(-c3ccc4ccccc4c3)nc(-c3cc(-n4c5ccccc5c5cc6c7c8ccccc8ccc7n(-c7ccccn7)c6cc54)cc4ccccc34)n2)cc1. The minimum absolute atomic E-state index is 0.616. The lowest BCUT2D eigenvalue weighted by Gasteiger charge is -2.15. The average molecular weight is 791 g/mol. The number of rotatable bonds is 5. The minimum Gasteiger partial charge on any atom is -0.309 e. The molecule has 0 saturated carbocycles. The second-order valence-electron chi connectivity index (χ2n) is 15.9. The lowest BCUT2D eigenvalue weighted by atomic mass is 10.0. The predicted molar refractivity (Wildman–Crippen MR) is 255 cm³/mol. The Morgan fingerprint density at radius 3 is 1.82 bits per heavy atom. The predicted octanol–water partition coefficient (Wildman–Crippen LogP) is 13.9. The Morgan fingerprint density at radius 2 is 0.984 bits per heavy atom. The molecule has 0 atom stereocenters. The van der Waals surface area contributed by atoms with Crippen LogP contribution >= 0.6 is 0 Å². The molecule has 9 aromatic carbocycles. The van der Waals surface area contributed by atoms with Crippen molar-refractivity contribution in [3.05, 3.63) is 206 Å². The van der Waals surface area contributed by atoms with E-state index in [0.717, 1.165) is 66.4 Å². The largest absolute Gasteiger partial charge is 0.309 e. The van der Waals surface area contributed by atoms with E-state index in [0.29, 0.717) is 17.5 Å². The summed E-state index contributed by atoms with van der Waals surface area (Å²) in [4.78, 5) is 20.5. The number of nitrogens with zero attached hydrogens (tertiary/aromatic N) is 6. The van der Waals surface area contributed by atoms with Crippen LogP contribution in [0.4, 0.5) is 0 Å². The average Bonchev–Trinajstić information content (AvgIpc) is 3.85. The summed E-state index contributed by atoms with van der Waals surface area (Å²) in [6.45, 7) is 0. The van der Waals surface area contributed by atoms with E-state index in [1.165, 1.54) is 37.7 Å². The van der Waals surface area contributed by atoms with E-state index in [4.69, 9.17) is 19.9 Å². The zero-order valence-electron chi connectivity index (χ0n) is 33.3. The first-order valence-corrected chi connectivity index (χ1v) is 20.9. The normalized spacial score (nSPS) is 11.9. The van der Waals surface area contributed by atoms with E-state index in [9.17, 15) is 0 Å². The summed E-state index contributed by atoms with van der Waals surface area (Å²) < 4.78 is 4.72. The highest BCUT2D eigenvalue weighted by Crippen LogP contribution is 2.43. The zero-order chi connectivity index (χ0) is 40.7. The van der Waals surface area contributed by atoms with E-state index >= 15 is 0 Å². The fourth-order valence-electron chi connectivity index (χ4n) is 9.54. The van der Waals surface area contributed by atoms with Gasteiger partial charge in [-0.25, -0.2) is 19.9 Å². The number of para-hydroxylation sites is 1. The number of benzene rings is 9. The second kappa shape index (κ2) is 13.5. The van der Waals surface area contributed by atoms with Crippen molar-refractivity contribution in [3.63, 3.8) is 0 Å². The Kier molecular flexibility index (Phi) is 7.50. The standard InChI is InChI=1S/C56H34N6/c1-2-16-37(17-3-1)54-58-55(40-26-25-35-14-4-5-18-38(35)30-40)60-56(59-54)46-32-41(31-39-19-7-8-20-42(39)46)61-48-23-11-10-22-44(48)45-33-47-51(34-50(45)61)62(52-24-12-13-29-57-52)49-28-27-36-15-6-9-21-43(36)53(47)49/h1-34H. The second-order valence-corrected chi connectivity index (χ2v) is 15.9. The number of hydrogen-bond acceptors (Lipinski definition) is 4. The molecule has 0 aliphatic heterocycles. The van der Waals surface area contributed by atoms with Crippen LogP contribution in [0.5, 0.6) is 0 Å². The molecule has 6 nitrogen and oxygen atoms in total. The van der Waals surface area contributed by atoms with E-state index in [1.54, 1.807) is 0 Å². The van der Waals surface area contributed by atoms with Crippen molar-refractivity contribution in [2.75, 3.05) is 0 Å². The molecule has 4 heterocycles. The molecule has 0 saturated heterocycles. The molecule has 0 radical (unpaired) electrons. The molecule has 0 bridgehead atoms. The fraction of sp³-hybridized carbons (Fsp3) is 0. The molecule has 62 heavy (non-hydrogen) atoms. The van der Waals surface area contributed by atoms with Gasteiger partial charge in [0.15, 0.2) is 17.5 Å². The lowest BCUT2D eigenvalue weighted by Crippen LogP contribution is -2.02. The maximum atomic E-state index is 5.30. The van der Waals surface area contributed by atoms with Gasteiger partial charge >= 0.3 is 0 Å². The first-order valence-electron chi connectivity index (χ1n) is 20.9. The Hall–Kier alpha value is -8.48. The van der Waals surface area contributed by atoms with Crippen LogP contribution in [0.1, 0.15) is 0 Å². The smallest absolute Gasteiger partial charge is 0.164 e. The third kappa shape index (κ3) is 5.30. The number of hydrogen-bond donors (Lipinski definition) is 0. The summed E-state index contributed by atoms with van der Waals surface area (Å²) >= 11 is 0. The van der Waals surface area contributed by atoms with Gasteiger partial charge < -0.3 is 4.57 Å². The fourth-order valence-corrected chi connectivity index (χ4v) is 9.54. The van der Waals surface area contributed by atoms with E-state index in [2.05, 4.69) is 185 Å². The lowest BCUT2D eigenvalue weighted by molar-refractivity contribution is 1.07. The molecule has 0 aliphatic rings. The first kappa shape index (κ1) is 34.4. The van der Waals surface area contributed by atoms with Gasteiger partial charge in [-0.05, 0) is 86.9 Å². The van der Waals surface area contributed by atoms with Crippen molar-refractivity contribution in [3.8, 4) is 45.7 Å². The summed E-state index contributed by atoms with van der Waals surface area (Å²) in [5.41, 5.74) is 8.26. The van der Waals surface area contributed by atoms with Gasteiger partial charge in [-0.15, -0.1) is 0 Å². The quantitative estimate of drug-likeness (QED) is 0.174. The van der Waals surface area contributed by atoms with Gasteiger partial charge in [-0.3, -0.25) is 4.57 Å². The van der Waals surface area contributed by atoms with Gasteiger partial charge in [-0.2, -0.15) is 0 Å². The molecule has 0 unspecified atom stereocenters. The van der Waals surface area contributed by atoms with Gasteiger partial charge in [0.25, 0.3) is 0 Å². The van der Waals surface area contributed by atoms with Gasteiger partial charge in [0.1, 0.15) is 5.82 Å². The van der Waals surface area contributed by atoms with Gasteiger partial charge in [0.05, 0.1) is 22.1 Å². The van der Waals surface area contributed by atoms with Crippen molar-refractivity contribution in [1.82, 2.24) is 29.1 Å². The van der Waals surface area contributed by atoms with Crippen LogP contribution in [-0.2, 0) is 0 Å². The number of pyridine rings is 1. The van der Waals surface area contributed by atoms with Crippen molar-refractivity contribution < 1.29 is 0 Å². The van der Waals surface area contributed by atoms with Gasteiger partial charge in [-0.1, -0.05) is 146 Å². The van der Waals surface area contributed by atoms with Crippen LogP contribution in [-0.4, -0.2) is 29.1 Å². The zero-order valence-corrected chi connectivity index (χ0v) is 33.3. The molecule has 4 aromatic heterocycles. The van der Waals surface area contributed by atoms with Crippen LogP contribution < -0.4 is 0 Å². The Labute approximate surface area is 355 Å². The third-order valence-electron chi connectivity index (χ3n) is 12.3. The molecular formula is C56H34N6. The maximum absolute atomic E-state index is 5.30. The number of fused-ring (bicyclic) bond motifs is 10. The van der Waals surface area contributed by atoms with E-state index < -0.39 is 0 Å². The maximum Gasteiger partial charge on any atom is 0.164 e. The molecule has 0 amide bonds. The van der Waals surface area contributed by atoms with Crippen LogP contribution in [0.2, 0.25) is 0 Å². The molecule has 0 N–H and O–H groups in total. The van der Waals surface area contributed by atoms with Crippen LogP contribution in [0.25, 0.3) is 122 Å². The number of aromatic nitrogens is 6. The summed E-state index contributed by atoms with van der Waals surface area (Å²) in [5.74, 6) is 2.75.